The number of aromatic amines is 1. The number of nitrogens with zero attached hydrogens (tertiary/aromatic N) is 5. The van der Waals surface area contributed by atoms with Gasteiger partial charge in [0.15, 0.2) is 5.65 Å². The first kappa shape index (κ1) is 14.2. The maximum absolute atomic E-state index is 12.1. The summed E-state index contributed by atoms with van der Waals surface area (Å²) in [5.41, 5.74) is 0.695. The Morgan fingerprint density at radius 2 is 2.00 bits per heavy atom. The first-order valence-electron chi connectivity index (χ1n) is 6.98. The van der Waals surface area contributed by atoms with Crippen LogP contribution in [0.3, 0.4) is 0 Å². The standard InChI is InChI=1S/C12H18N6O2S/c1-2-7-21(19,20)18-5-3-17(4-6-18)12-10-8-15-16-11(10)13-9-14-12/h8-9H,2-7H2,1H3,(H,13,14,15,16). The second-order valence-corrected chi connectivity index (χ2v) is 7.12. The van der Waals surface area contributed by atoms with Crippen LogP contribution in [0.5, 0.6) is 0 Å². The van der Waals surface area contributed by atoms with Crippen molar-refractivity contribution >= 4 is 26.9 Å². The van der Waals surface area contributed by atoms with Gasteiger partial charge >= 0.3 is 0 Å². The number of aromatic nitrogens is 4. The number of piperazine rings is 1. The summed E-state index contributed by atoms with van der Waals surface area (Å²) >= 11 is 0. The molecule has 2 aromatic heterocycles. The van der Waals surface area contributed by atoms with E-state index in [9.17, 15) is 8.42 Å². The number of hydrogen-bond acceptors (Lipinski definition) is 6. The molecule has 1 fully saturated rings. The molecular formula is C12H18N6O2S. The topological polar surface area (TPSA) is 95.1 Å². The van der Waals surface area contributed by atoms with Crippen molar-refractivity contribution in [2.75, 3.05) is 36.8 Å². The monoisotopic (exact) mass is 310 g/mol. The Morgan fingerprint density at radius 1 is 1.24 bits per heavy atom. The molecule has 0 bridgehead atoms. The number of fused-ring (bicyclic) bond motifs is 1. The van der Waals surface area contributed by atoms with Gasteiger partial charge in [0, 0.05) is 26.2 Å². The molecule has 0 amide bonds. The Hall–Kier alpha value is -1.74. The number of nitrogens with one attached hydrogen (secondary N) is 1. The van der Waals surface area contributed by atoms with Gasteiger partial charge < -0.3 is 4.90 Å². The zero-order chi connectivity index (χ0) is 14.9. The molecule has 0 atom stereocenters. The Labute approximate surface area is 123 Å². The van der Waals surface area contributed by atoms with E-state index in [1.54, 1.807) is 10.5 Å². The van der Waals surface area contributed by atoms with Crippen LogP contribution in [0, 0.1) is 0 Å². The number of sulfonamides is 1. The van der Waals surface area contributed by atoms with Crippen LogP contribution in [0.15, 0.2) is 12.5 Å². The fraction of sp³-hybridized carbons (Fsp3) is 0.583. The lowest BCUT2D eigenvalue weighted by Crippen LogP contribution is -2.49. The van der Waals surface area contributed by atoms with Crippen LogP contribution in [0.25, 0.3) is 11.0 Å². The van der Waals surface area contributed by atoms with Gasteiger partial charge in [-0.25, -0.2) is 18.4 Å². The third-order valence-electron chi connectivity index (χ3n) is 3.62. The molecule has 1 aliphatic heterocycles. The molecule has 3 heterocycles. The molecule has 1 saturated heterocycles. The maximum Gasteiger partial charge on any atom is 0.214 e. The minimum atomic E-state index is -3.12. The maximum atomic E-state index is 12.1. The normalized spacial score (nSPS) is 17.5. The fourth-order valence-electron chi connectivity index (χ4n) is 2.57. The van der Waals surface area contributed by atoms with E-state index in [4.69, 9.17) is 0 Å². The summed E-state index contributed by atoms with van der Waals surface area (Å²) < 4.78 is 25.7. The molecule has 0 radical (unpaired) electrons. The molecule has 9 heteroatoms. The second-order valence-electron chi connectivity index (χ2n) is 5.03. The highest BCUT2D eigenvalue weighted by atomic mass is 32.2. The Balaban J connectivity index is 1.76. The van der Waals surface area contributed by atoms with Crippen molar-refractivity contribution in [3.05, 3.63) is 12.5 Å². The van der Waals surface area contributed by atoms with E-state index >= 15 is 0 Å². The van der Waals surface area contributed by atoms with E-state index < -0.39 is 10.0 Å². The van der Waals surface area contributed by atoms with E-state index in [0.29, 0.717) is 38.2 Å². The van der Waals surface area contributed by atoms with Crippen molar-refractivity contribution in [2.24, 2.45) is 0 Å². The van der Waals surface area contributed by atoms with Crippen molar-refractivity contribution in [3.63, 3.8) is 0 Å². The zero-order valence-electron chi connectivity index (χ0n) is 11.9. The highest BCUT2D eigenvalue weighted by Crippen LogP contribution is 2.22. The van der Waals surface area contributed by atoms with Crippen molar-refractivity contribution < 1.29 is 8.42 Å². The average Bonchev–Trinajstić information content (AvgIpc) is 2.95. The molecule has 2 aromatic rings. The SMILES string of the molecule is CCCS(=O)(=O)N1CCN(c2ncnc3[nH]ncc23)CC1. The predicted molar refractivity (Wildman–Crippen MR) is 79.5 cm³/mol. The van der Waals surface area contributed by atoms with Gasteiger partial charge in [-0.1, -0.05) is 6.92 Å². The molecule has 0 spiro atoms. The number of anilines is 1. The number of H-pyrrole nitrogens is 1. The molecule has 0 saturated carbocycles. The van der Waals surface area contributed by atoms with Gasteiger partial charge in [-0.2, -0.15) is 9.40 Å². The van der Waals surface area contributed by atoms with Crippen LogP contribution in [0.2, 0.25) is 0 Å². The molecule has 8 nitrogen and oxygen atoms in total. The Kier molecular flexibility index (Phi) is 3.77. The molecule has 3 rings (SSSR count). The van der Waals surface area contributed by atoms with Crippen molar-refractivity contribution in [3.8, 4) is 0 Å². The summed E-state index contributed by atoms with van der Waals surface area (Å²) in [5.74, 6) is 1.02. The van der Waals surface area contributed by atoms with Gasteiger partial charge in [0.1, 0.15) is 12.1 Å². The van der Waals surface area contributed by atoms with Crippen LogP contribution in [0.1, 0.15) is 13.3 Å². The molecule has 114 valence electrons. The van der Waals surface area contributed by atoms with Crippen LogP contribution in [0.4, 0.5) is 5.82 Å². The first-order valence-corrected chi connectivity index (χ1v) is 8.59. The van der Waals surface area contributed by atoms with Crippen molar-refractivity contribution in [1.82, 2.24) is 24.5 Å². The van der Waals surface area contributed by atoms with E-state index in [1.807, 2.05) is 6.92 Å². The number of rotatable bonds is 4. The molecular weight excluding hydrogens is 292 g/mol. The molecule has 1 aliphatic rings. The zero-order valence-corrected chi connectivity index (χ0v) is 12.7. The van der Waals surface area contributed by atoms with Gasteiger partial charge in [0.25, 0.3) is 0 Å². The average molecular weight is 310 g/mol. The van der Waals surface area contributed by atoms with E-state index in [0.717, 1.165) is 11.2 Å². The van der Waals surface area contributed by atoms with Crippen LogP contribution in [-0.2, 0) is 10.0 Å². The predicted octanol–water partition coefficient (Wildman–Crippen LogP) is 0.215. The summed E-state index contributed by atoms with van der Waals surface area (Å²) in [6.45, 7) is 4.11. The van der Waals surface area contributed by atoms with Crippen molar-refractivity contribution in [2.45, 2.75) is 13.3 Å². The Bertz CT molecular complexity index is 720. The minimum Gasteiger partial charge on any atom is -0.353 e. The highest BCUT2D eigenvalue weighted by molar-refractivity contribution is 7.89. The molecule has 0 aromatic carbocycles. The van der Waals surface area contributed by atoms with Crippen LogP contribution >= 0.6 is 0 Å². The second kappa shape index (κ2) is 5.57. The van der Waals surface area contributed by atoms with Crippen molar-refractivity contribution in [1.29, 1.82) is 0 Å². The largest absolute Gasteiger partial charge is 0.353 e. The number of hydrogen-bond donors (Lipinski definition) is 1. The smallest absolute Gasteiger partial charge is 0.214 e. The quantitative estimate of drug-likeness (QED) is 0.867. The van der Waals surface area contributed by atoms with Gasteiger partial charge in [-0.15, -0.1) is 0 Å². The Morgan fingerprint density at radius 3 is 2.71 bits per heavy atom. The van der Waals surface area contributed by atoms with Crippen LogP contribution < -0.4 is 4.90 Å². The van der Waals surface area contributed by atoms with E-state index in [2.05, 4.69) is 25.1 Å². The lowest BCUT2D eigenvalue weighted by Gasteiger charge is -2.34. The van der Waals surface area contributed by atoms with Gasteiger partial charge in [0.2, 0.25) is 10.0 Å². The molecule has 1 N–H and O–H groups in total. The highest BCUT2D eigenvalue weighted by Gasteiger charge is 2.27. The van der Waals surface area contributed by atoms with Crippen LogP contribution in [-0.4, -0.2) is 64.8 Å². The summed E-state index contributed by atoms with van der Waals surface area (Å²) in [5, 5.41) is 7.65. The third kappa shape index (κ3) is 2.70. The summed E-state index contributed by atoms with van der Waals surface area (Å²) in [6, 6.07) is 0. The summed E-state index contributed by atoms with van der Waals surface area (Å²) in [4.78, 5) is 10.5. The van der Waals surface area contributed by atoms with E-state index in [1.165, 1.54) is 6.33 Å². The van der Waals surface area contributed by atoms with Gasteiger partial charge in [0.05, 0.1) is 17.3 Å². The third-order valence-corrected chi connectivity index (χ3v) is 5.70. The summed E-state index contributed by atoms with van der Waals surface area (Å²) in [6.07, 6.45) is 3.84. The van der Waals surface area contributed by atoms with Gasteiger partial charge in [-0.05, 0) is 6.42 Å². The molecule has 21 heavy (non-hydrogen) atoms. The minimum absolute atomic E-state index is 0.215. The van der Waals surface area contributed by atoms with E-state index in [-0.39, 0.29) is 5.75 Å². The van der Waals surface area contributed by atoms with Gasteiger partial charge in [-0.3, -0.25) is 5.10 Å². The molecule has 0 aliphatic carbocycles. The molecule has 0 unspecified atom stereocenters. The summed E-state index contributed by atoms with van der Waals surface area (Å²) in [7, 11) is -3.12. The lowest BCUT2D eigenvalue weighted by atomic mass is 10.3. The lowest BCUT2D eigenvalue weighted by molar-refractivity contribution is 0.384. The fourth-order valence-corrected chi connectivity index (χ4v) is 4.06. The first-order chi connectivity index (χ1) is 10.1.